The first-order chi connectivity index (χ1) is 11.6. The molecule has 1 heterocycles. The zero-order chi connectivity index (χ0) is 17.2. The number of benzene rings is 1. The molecule has 3 rings (SSSR count). The predicted octanol–water partition coefficient (Wildman–Crippen LogP) is 4.45. The zero-order valence-electron chi connectivity index (χ0n) is 14.4. The van der Waals surface area contributed by atoms with Crippen LogP contribution in [-0.4, -0.2) is 23.9 Å². The van der Waals surface area contributed by atoms with Crippen LogP contribution in [0.5, 0.6) is 11.5 Å². The van der Waals surface area contributed by atoms with E-state index in [1.54, 1.807) is 7.11 Å². The van der Waals surface area contributed by atoms with E-state index in [4.69, 9.17) is 19.7 Å². The van der Waals surface area contributed by atoms with E-state index in [1.807, 2.05) is 12.1 Å². The van der Waals surface area contributed by atoms with Crippen LogP contribution in [0, 0.1) is 0 Å². The molecule has 0 atom stereocenters. The van der Waals surface area contributed by atoms with Crippen molar-refractivity contribution in [3.8, 4) is 23.0 Å². The maximum atomic E-state index is 6.40. The summed E-state index contributed by atoms with van der Waals surface area (Å²) in [6.45, 7) is 2.68. The fourth-order valence-corrected chi connectivity index (χ4v) is 3.52. The van der Waals surface area contributed by atoms with Crippen molar-refractivity contribution in [2.24, 2.45) is 5.73 Å². The summed E-state index contributed by atoms with van der Waals surface area (Å²) < 4.78 is 17.4. The number of hydrogen-bond acceptors (Lipinski definition) is 6. The molecule has 2 aromatic rings. The quantitative estimate of drug-likeness (QED) is 0.726. The summed E-state index contributed by atoms with van der Waals surface area (Å²) in [5, 5.41) is 4.11. The second-order valence-electron chi connectivity index (χ2n) is 6.12. The minimum Gasteiger partial charge on any atom is -0.493 e. The average molecular weight is 433 g/mol. The van der Waals surface area contributed by atoms with E-state index >= 15 is 0 Å². The number of ether oxygens (including phenoxy) is 2. The highest BCUT2D eigenvalue weighted by Crippen LogP contribution is 2.40. The molecule has 1 fully saturated rings. The largest absolute Gasteiger partial charge is 0.493 e. The lowest BCUT2D eigenvalue weighted by atomic mass is 9.99. The molecule has 25 heavy (non-hydrogen) atoms. The van der Waals surface area contributed by atoms with E-state index in [-0.39, 0.29) is 12.4 Å². The van der Waals surface area contributed by atoms with Gasteiger partial charge in [0.2, 0.25) is 0 Å². The molecule has 138 valence electrons. The van der Waals surface area contributed by atoms with Crippen LogP contribution >= 0.6 is 28.3 Å². The van der Waals surface area contributed by atoms with Gasteiger partial charge in [0.25, 0.3) is 5.89 Å². The van der Waals surface area contributed by atoms with Crippen LogP contribution in [0.2, 0.25) is 0 Å². The van der Waals surface area contributed by atoms with Crippen molar-refractivity contribution < 1.29 is 14.0 Å². The molecule has 0 unspecified atom stereocenters. The van der Waals surface area contributed by atoms with Crippen molar-refractivity contribution >= 4 is 28.3 Å². The highest BCUT2D eigenvalue weighted by Gasteiger charge is 2.36. The summed E-state index contributed by atoms with van der Waals surface area (Å²) in [6.07, 6.45) is 4.90. The number of nitrogens with zero attached hydrogens (tertiary/aromatic N) is 2. The molecule has 1 saturated carbocycles. The molecule has 0 bridgehead atoms. The first-order valence-corrected chi connectivity index (χ1v) is 9.00. The topological polar surface area (TPSA) is 83.4 Å². The van der Waals surface area contributed by atoms with E-state index in [0.29, 0.717) is 29.8 Å². The molecule has 0 aliphatic heterocycles. The number of halogens is 2. The fourth-order valence-electron chi connectivity index (χ4n) is 2.96. The molecule has 2 N–H and O–H groups in total. The van der Waals surface area contributed by atoms with Crippen LogP contribution in [0.1, 0.15) is 44.9 Å². The maximum absolute atomic E-state index is 6.40. The number of aromatic nitrogens is 2. The van der Waals surface area contributed by atoms with Gasteiger partial charge in [-0.05, 0) is 47.3 Å². The number of hydrogen-bond donors (Lipinski definition) is 1. The molecular weight excluding hydrogens is 410 g/mol. The molecule has 0 amide bonds. The van der Waals surface area contributed by atoms with Gasteiger partial charge in [-0.25, -0.2) is 0 Å². The first kappa shape index (κ1) is 20.0. The smallest absolute Gasteiger partial charge is 0.258 e. The molecule has 6 nitrogen and oxygen atoms in total. The van der Waals surface area contributed by atoms with Gasteiger partial charge in [-0.3, -0.25) is 0 Å². The summed E-state index contributed by atoms with van der Waals surface area (Å²) in [5.41, 5.74) is 6.70. The van der Waals surface area contributed by atoms with Crippen molar-refractivity contribution in [2.75, 3.05) is 13.7 Å². The van der Waals surface area contributed by atoms with Gasteiger partial charge in [0, 0.05) is 5.56 Å². The molecule has 0 radical (unpaired) electrons. The summed E-state index contributed by atoms with van der Waals surface area (Å²) in [5.74, 6) is 2.31. The minimum atomic E-state index is -0.465. The van der Waals surface area contributed by atoms with Gasteiger partial charge in [-0.2, -0.15) is 4.98 Å². The predicted molar refractivity (Wildman–Crippen MR) is 101 cm³/mol. The molecule has 0 saturated heterocycles. The van der Waals surface area contributed by atoms with E-state index in [2.05, 4.69) is 33.0 Å². The Kier molecular flexibility index (Phi) is 6.71. The normalized spacial score (nSPS) is 15.7. The van der Waals surface area contributed by atoms with Crippen LogP contribution in [0.15, 0.2) is 21.1 Å². The van der Waals surface area contributed by atoms with E-state index in [0.717, 1.165) is 42.1 Å². The van der Waals surface area contributed by atoms with Crippen LogP contribution in [0.3, 0.4) is 0 Å². The number of methoxy groups -OCH3 is 1. The fraction of sp³-hybridized carbons (Fsp3) is 0.529. The molecule has 1 aromatic carbocycles. The minimum absolute atomic E-state index is 0. The Morgan fingerprint density at radius 2 is 2.04 bits per heavy atom. The monoisotopic (exact) mass is 431 g/mol. The first-order valence-electron chi connectivity index (χ1n) is 8.21. The second kappa shape index (κ2) is 8.38. The van der Waals surface area contributed by atoms with Crippen molar-refractivity contribution in [3.05, 3.63) is 22.4 Å². The lowest BCUT2D eigenvalue weighted by Crippen LogP contribution is -2.34. The number of nitrogens with two attached hydrogens (primary N) is 1. The summed E-state index contributed by atoms with van der Waals surface area (Å²) in [6, 6.07) is 3.73. The Balaban J connectivity index is 0.00000225. The Labute approximate surface area is 162 Å². The molecule has 1 aromatic heterocycles. The van der Waals surface area contributed by atoms with E-state index in [1.165, 1.54) is 0 Å². The van der Waals surface area contributed by atoms with Crippen LogP contribution in [0.25, 0.3) is 11.5 Å². The van der Waals surface area contributed by atoms with Gasteiger partial charge in [0.15, 0.2) is 17.3 Å². The van der Waals surface area contributed by atoms with Gasteiger partial charge in [-0.15, -0.1) is 12.4 Å². The highest BCUT2D eigenvalue weighted by molar-refractivity contribution is 9.10. The van der Waals surface area contributed by atoms with Crippen molar-refractivity contribution in [1.82, 2.24) is 10.1 Å². The van der Waals surface area contributed by atoms with Gasteiger partial charge in [-0.1, -0.05) is 24.9 Å². The van der Waals surface area contributed by atoms with Crippen LogP contribution in [-0.2, 0) is 5.54 Å². The van der Waals surface area contributed by atoms with Crippen molar-refractivity contribution in [2.45, 2.75) is 44.6 Å². The summed E-state index contributed by atoms with van der Waals surface area (Å²) in [7, 11) is 1.61. The zero-order valence-corrected chi connectivity index (χ0v) is 16.8. The summed E-state index contributed by atoms with van der Waals surface area (Å²) >= 11 is 3.53. The Morgan fingerprint density at radius 1 is 1.32 bits per heavy atom. The molecule has 1 aliphatic rings. The second-order valence-corrected chi connectivity index (χ2v) is 6.98. The Hall–Kier alpha value is -1.31. The highest BCUT2D eigenvalue weighted by atomic mass is 79.9. The summed E-state index contributed by atoms with van der Waals surface area (Å²) in [4.78, 5) is 4.52. The van der Waals surface area contributed by atoms with Gasteiger partial charge in [0.1, 0.15) is 0 Å². The van der Waals surface area contributed by atoms with Gasteiger partial charge >= 0.3 is 0 Å². The molecule has 8 heteroatoms. The number of rotatable bonds is 6. The van der Waals surface area contributed by atoms with E-state index in [9.17, 15) is 0 Å². The van der Waals surface area contributed by atoms with Crippen molar-refractivity contribution in [3.63, 3.8) is 0 Å². The molecular formula is C17H23BrClN3O3. The van der Waals surface area contributed by atoms with Gasteiger partial charge < -0.3 is 19.7 Å². The lowest BCUT2D eigenvalue weighted by molar-refractivity contribution is 0.292. The average Bonchev–Trinajstić information content (AvgIpc) is 3.23. The molecule has 0 spiro atoms. The lowest BCUT2D eigenvalue weighted by Gasteiger charge is -2.17. The maximum Gasteiger partial charge on any atom is 0.258 e. The third-order valence-electron chi connectivity index (χ3n) is 4.29. The van der Waals surface area contributed by atoms with Crippen LogP contribution < -0.4 is 15.2 Å². The van der Waals surface area contributed by atoms with Gasteiger partial charge in [0.05, 0.1) is 23.7 Å². The third-order valence-corrected chi connectivity index (χ3v) is 4.88. The standard InChI is InChI=1S/C17H22BrN3O3.ClH/c1-3-8-23-14-12(18)9-11(10-13(14)22-2)15-20-16(21-24-15)17(19)6-4-5-7-17;/h9-10H,3-8,19H2,1-2H3;1H. The molecule has 1 aliphatic carbocycles. The van der Waals surface area contributed by atoms with Crippen molar-refractivity contribution in [1.29, 1.82) is 0 Å². The van der Waals surface area contributed by atoms with E-state index < -0.39 is 5.54 Å². The SMILES string of the molecule is CCCOc1c(Br)cc(-c2nc(C3(N)CCCC3)no2)cc1OC.Cl. The Morgan fingerprint density at radius 3 is 2.68 bits per heavy atom. The van der Waals surface area contributed by atoms with Crippen LogP contribution in [0.4, 0.5) is 0 Å². The third kappa shape index (κ3) is 4.10. The Bertz CT molecular complexity index is 717.